The van der Waals surface area contributed by atoms with Crippen molar-refractivity contribution in [2.75, 3.05) is 13.2 Å². The Morgan fingerprint density at radius 3 is 2.24 bits per heavy atom. The van der Waals surface area contributed by atoms with E-state index < -0.39 is 0 Å². The summed E-state index contributed by atoms with van der Waals surface area (Å²) >= 11 is 0. The highest BCUT2D eigenvalue weighted by atomic mass is 16.5. The summed E-state index contributed by atoms with van der Waals surface area (Å²) in [5, 5.41) is 9.33. The first-order valence-corrected chi connectivity index (χ1v) is 8.23. The molecule has 0 radical (unpaired) electrons. The first-order valence-electron chi connectivity index (χ1n) is 8.23. The molecule has 5 heteroatoms. The molecule has 0 amide bonds. The van der Waals surface area contributed by atoms with Gasteiger partial charge in [0.05, 0.1) is 12.8 Å². The Hall–Kier alpha value is -2.76. The van der Waals surface area contributed by atoms with Gasteiger partial charge in [0.25, 0.3) is 0 Å². The Bertz CT molecular complexity index is 749. The zero-order valence-corrected chi connectivity index (χ0v) is 14.0. The Morgan fingerprint density at radius 2 is 1.60 bits per heavy atom. The van der Waals surface area contributed by atoms with Gasteiger partial charge >= 0.3 is 0 Å². The highest BCUT2D eigenvalue weighted by Crippen LogP contribution is 2.19. The predicted molar refractivity (Wildman–Crippen MR) is 96.2 cm³/mol. The van der Waals surface area contributed by atoms with Crippen molar-refractivity contribution in [2.24, 2.45) is 0 Å². The summed E-state index contributed by atoms with van der Waals surface area (Å²) in [5.41, 5.74) is 2.40. The molecule has 5 nitrogen and oxygen atoms in total. The summed E-state index contributed by atoms with van der Waals surface area (Å²) < 4.78 is 5.65. The fourth-order valence-corrected chi connectivity index (χ4v) is 2.58. The molecule has 0 spiro atoms. The molecule has 1 heterocycles. The first-order chi connectivity index (χ1) is 12.3. The molecule has 0 saturated heterocycles. The smallest absolute Gasteiger partial charge is 0.237 e. The molecule has 128 valence electrons. The molecule has 2 aromatic carbocycles. The quantitative estimate of drug-likeness (QED) is 0.685. The fourth-order valence-electron chi connectivity index (χ4n) is 2.58. The summed E-state index contributed by atoms with van der Waals surface area (Å²) in [4.78, 5) is 10.3. The van der Waals surface area contributed by atoms with Crippen LogP contribution in [0.15, 0.2) is 73.2 Å². The Kier molecular flexibility index (Phi) is 6.09. The molecule has 0 aliphatic heterocycles. The van der Waals surface area contributed by atoms with E-state index >= 15 is 0 Å². The van der Waals surface area contributed by atoms with E-state index in [4.69, 9.17) is 4.74 Å². The summed E-state index contributed by atoms with van der Waals surface area (Å²) in [6.45, 7) is 2.34. The standard InChI is InChI=1S/C20H21N3O2/c24-13-12-23(15-17-4-2-1-3-5-17)16-18-6-8-19(9-7-18)25-20-14-21-10-11-22-20/h1-11,14,24H,12-13,15-16H2. The molecule has 0 bridgehead atoms. The van der Waals surface area contributed by atoms with Crippen LogP contribution >= 0.6 is 0 Å². The van der Waals surface area contributed by atoms with Crippen LogP contribution in [0.4, 0.5) is 0 Å². The van der Waals surface area contributed by atoms with E-state index in [2.05, 4.69) is 27.0 Å². The van der Waals surface area contributed by atoms with Crippen molar-refractivity contribution in [3.8, 4) is 11.6 Å². The highest BCUT2D eigenvalue weighted by molar-refractivity contribution is 5.30. The van der Waals surface area contributed by atoms with Gasteiger partial charge in [-0.15, -0.1) is 0 Å². The van der Waals surface area contributed by atoms with Crippen LogP contribution in [0.1, 0.15) is 11.1 Å². The van der Waals surface area contributed by atoms with Crippen LogP contribution in [-0.2, 0) is 13.1 Å². The molecule has 0 aliphatic rings. The van der Waals surface area contributed by atoms with E-state index in [1.165, 1.54) is 5.56 Å². The summed E-state index contributed by atoms with van der Waals surface area (Å²) in [7, 11) is 0. The van der Waals surface area contributed by atoms with Crippen molar-refractivity contribution in [1.29, 1.82) is 0 Å². The zero-order valence-electron chi connectivity index (χ0n) is 14.0. The topological polar surface area (TPSA) is 58.5 Å². The number of hydrogen-bond donors (Lipinski definition) is 1. The molecule has 3 rings (SSSR count). The third-order valence-electron chi connectivity index (χ3n) is 3.76. The number of aliphatic hydroxyl groups excluding tert-OH is 1. The van der Waals surface area contributed by atoms with Crippen molar-refractivity contribution < 1.29 is 9.84 Å². The van der Waals surface area contributed by atoms with Crippen LogP contribution in [0.25, 0.3) is 0 Å². The minimum Gasteiger partial charge on any atom is -0.438 e. The molecular weight excluding hydrogens is 314 g/mol. The van der Waals surface area contributed by atoms with Crippen LogP contribution in [0.2, 0.25) is 0 Å². The van der Waals surface area contributed by atoms with Crippen LogP contribution in [-0.4, -0.2) is 33.1 Å². The van der Waals surface area contributed by atoms with Gasteiger partial charge in [0.15, 0.2) is 0 Å². The largest absolute Gasteiger partial charge is 0.438 e. The van der Waals surface area contributed by atoms with E-state index in [0.717, 1.165) is 24.4 Å². The van der Waals surface area contributed by atoms with Crippen LogP contribution < -0.4 is 4.74 Å². The van der Waals surface area contributed by atoms with E-state index in [-0.39, 0.29) is 6.61 Å². The van der Waals surface area contributed by atoms with E-state index in [0.29, 0.717) is 12.4 Å². The lowest BCUT2D eigenvalue weighted by Crippen LogP contribution is -2.26. The maximum atomic E-state index is 9.33. The number of rotatable bonds is 8. The molecule has 0 fully saturated rings. The Labute approximate surface area is 147 Å². The van der Waals surface area contributed by atoms with E-state index in [1.807, 2.05) is 42.5 Å². The predicted octanol–water partition coefficient (Wildman–Crippen LogP) is 3.26. The van der Waals surface area contributed by atoms with Crippen molar-refractivity contribution in [2.45, 2.75) is 13.1 Å². The first kappa shape index (κ1) is 17.1. The number of benzene rings is 2. The molecule has 0 saturated carbocycles. The van der Waals surface area contributed by atoms with Gasteiger partial charge in [0.2, 0.25) is 5.88 Å². The zero-order chi connectivity index (χ0) is 17.3. The van der Waals surface area contributed by atoms with Gasteiger partial charge in [-0.05, 0) is 23.3 Å². The summed E-state index contributed by atoms with van der Waals surface area (Å²) in [5.74, 6) is 1.20. The number of hydrogen-bond acceptors (Lipinski definition) is 5. The molecule has 1 N–H and O–H groups in total. The molecule has 0 atom stereocenters. The van der Waals surface area contributed by atoms with Gasteiger partial charge in [0, 0.05) is 32.0 Å². The molecule has 3 aromatic rings. The second-order valence-electron chi connectivity index (χ2n) is 5.71. The highest BCUT2D eigenvalue weighted by Gasteiger charge is 2.07. The minimum atomic E-state index is 0.140. The molecular formula is C20H21N3O2. The lowest BCUT2D eigenvalue weighted by Gasteiger charge is -2.21. The average Bonchev–Trinajstić information content (AvgIpc) is 2.65. The number of aromatic nitrogens is 2. The van der Waals surface area contributed by atoms with Crippen LogP contribution in [0, 0.1) is 0 Å². The van der Waals surface area contributed by atoms with Gasteiger partial charge in [-0.3, -0.25) is 9.88 Å². The normalized spacial score (nSPS) is 10.8. The average molecular weight is 335 g/mol. The number of nitrogens with zero attached hydrogens (tertiary/aromatic N) is 3. The lowest BCUT2D eigenvalue weighted by molar-refractivity contribution is 0.184. The lowest BCUT2D eigenvalue weighted by atomic mass is 10.1. The van der Waals surface area contributed by atoms with Gasteiger partial charge in [-0.1, -0.05) is 42.5 Å². The fraction of sp³-hybridized carbons (Fsp3) is 0.200. The van der Waals surface area contributed by atoms with Crippen molar-refractivity contribution in [1.82, 2.24) is 14.9 Å². The number of ether oxygens (including phenoxy) is 1. The minimum absolute atomic E-state index is 0.140. The maximum Gasteiger partial charge on any atom is 0.237 e. The van der Waals surface area contributed by atoms with Crippen molar-refractivity contribution in [3.05, 3.63) is 84.3 Å². The monoisotopic (exact) mass is 335 g/mol. The van der Waals surface area contributed by atoms with Crippen molar-refractivity contribution in [3.63, 3.8) is 0 Å². The third kappa shape index (κ3) is 5.38. The second kappa shape index (κ2) is 8.92. The number of aliphatic hydroxyl groups is 1. The molecule has 0 unspecified atom stereocenters. The summed E-state index contributed by atoms with van der Waals surface area (Å²) in [6.07, 6.45) is 4.79. The van der Waals surface area contributed by atoms with Gasteiger partial charge in [-0.25, -0.2) is 4.98 Å². The van der Waals surface area contributed by atoms with Gasteiger partial charge in [-0.2, -0.15) is 0 Å². The third-order valence-corrected chi connectivity index (χ3v) is 3.76. The molecule has 25 heavy (non-hydrogen) atoms. The Balaban J connectivity index is 1.62. The van der Waals surface area contributed by atoms with E-state index in [1.54, 1.807) is 18.6 Å². The molecule has 0 aliphatic carbocycles. The Morgan fingerprint density at radius 1 is 0.880 bits per heavy atom. The van der Waals surface area contributed by atoms with Crippen LogP contribution in [0.5, 0.6) is 11.6 Å². The van der Waals surface area contributed by atoms with Gasteiger partial charge < -0.3 is 9.84 Å². The maximum absolute atomic E-state index is 9.33. The summed E-state index contributed by atoms with van der Waals surface area (Å²) in [6, 6.07) is 18.2. The SMILES string of the molecule is OCCN(Cc1ccccc1)Cc1ccc(Oc2cnccn2)cc1. The van der Waals surface area contributed by atoms with Crippen molar-refractivity contribution >= 4 is 0 Å². The van der Waals surface area contributed by atoms with E-state index in [9.17, 15) is 5.11 Å². The van der Waals surface area contributed by atoms with Crippen LogP contribution in [0.3, 0.4) is 0 Å². The second-order valence-corrected chi connectivity index (χ2v) is 5.71. The van der Waals surface area contributed by atoms with Gasteiger partial charge in [0.1, 0.15) is 5.75 Å². The molecule has 1 aromatic heterocycles.